The van der Waals surface area contributed by atoms with E-state index in [-0.39, 0.29) is 50.7 Å². The standard InChI is InChI=1S/C79H54N4O/c1-54-43-78(80-52-73(54)60-33-18-7-19-34-60)83-74-38-21-20-37-69(74)70-41-40-68(51-76(70)83)84-67-36-22-35-66(50-67)81-53-82(75-42-39-61(49-77(75)81)55-23-8-2-9-24-55)79-71(59-31-16-6-17-32-59)47-64(58-29-14-5-15-30-58)48-72(79)65-45-62(56-25-10-3-11-26-56)44-63(46-65)57-27-12-4-13-28-57/h2-52H,1H3/i1D3,2D,3D,4D,5D,6D,7D,8D,9D,10D,11D,12D,13D,14D,15D,16D,17D,18D,19D,23D,24D,25D,26D,27D,28D,29D,30D,31D,32D,33D,34D,44D,45D,46D. The first kappa shape index (κ1) is 24.9. The molecule has 0 unspecified atom stereocenters. The Morgan fingerprint density at radius 2 is 0.952 bits per heavy atom. The highest BCUT2D eigenvalue weighted by atomic mass is 16.5. The highest BCUT2D eigenvalue weighted by Gasteiger charge is 2.24. The minimum absolute atomic E-state index is 0.0192. The van der Waals surface area contributed by atoms with Crippen molar-refractivity contribution >= 4 is 32.8 Å². The van der Waals surface area contributed by atoms with Crippen LogP contribution in [0.2, 0.25) is 0 Å². The van der Waals surface area contributed by atoms with Gasteiger partial charge in [-0.2, -0.15) is 0 Å². The Morgan fingerprint density at radius 1 is 0.417 bits per heavy atom. The maximum Gasteiger partial charge on any atom is 0.269 e. The van der Waals surface area contributed by atoms with Crippen LogP contribution in [0, 0.1) is 13.2 Å². The van der Waals surface area contributed by atoms with E-state index in [2.05, 4.69) is 11.3 Å². The average Bonchev–Trinajstić information content (AvgIpc) is 1.69. The Morgan fingerprint density at radius 3 is 1.58 bits per heavy atom. The summed E-state index contributed by atoms with van der Waals surface area (Å²) in [6, 6.07) is -4.85. The van der Waals surface area contributed by atoms with Crippen molar-refractivity contribution in [2.45, 2.75) is 6.85 Å². The van der Waals surface area contributed by atoms with Crippen molar-refractivity contribution in [1.29, 1.82) is 0 Å². The number of hydrogen-bond donors (Lipinski definition) is 0. The summed E-state index contributed by atoms with van der Waals surface area (Å²) in [7, 11) is 0. The summed E-state index contributed by atoms with van der Waals surface area (Å²) in [5, 5.41) is 1.24. The molecule has 0 bridgehead atoms. The molecule has 0 spiro atoms. The molecule has 0 fully saturated rings. The Labute approximate surface area is 539 Å². The number of aromatic nitrogens is 4. The van der Waals surface area contributed by atoms with Crippen molar-refractivity contribution in [2.24, 2.45) is 0 Å². The molecule has 0 saturated carbocycles. The number of hydrogen-bond acceptors (Lipinski definition) is 2. The smallest absolute Gasteiger partial charge is 0.269 e. The molecule has 15 aromatic rings. The maximum absolute atomic E-state index is 10.5. The molecule has 0 saturated heterocycles. The Hall–Kier alpha value is -11.1. The molecule has 3 aromatic heterocycles. The number of ether oxygens (including phenoxy) is 1. The van der Waals surface area contributed by atoms with Crippen LogP contribution in [0.25, 0.3) is 128 Å². The van der Waals surface area contributed by atoms with E-state index < -0.39 is 279 Å². The van der Waals surface area contributed by atoms with Gasteiger partial charge in [-0.05, 0) is 164 Å². The predicted molar refractivity (Wildman–Crippen MR) is 345 cm³/mol. The van der Waals surface area contributed by atoms with Gasteiger partial charge in [-0.1, -0.05) is 218 Å². The summed E-state index contributed by atoms with van der Waals surface area (Å²) in [5.74, 6) is 0.163. The molecule has 15 rings (SSSR count). The Balaban J connectivity index is 1.06. The molecule has 5 heteroatoms. The summed E-state index contributed by atoms with van der Waals surface area (Å²) < 4.78 is 337. The molecule has 84 heavy (non-hydrogen) atoms. The highest BCUT2D eigenvalue weighted by Crippen LogP contribution is 2.43. The van der Waals surface area contributed by atoms with Gasteiger partial charge in [-0.3, -0.25) is 13.7 Å². The summed E-state index contributed by atoms with van der Waals surface area (Å²) in [6.45, 7) is -2.96. The van der Waals surface area contributed by atoms with Crippen molar-refractivity contribution in [3.63, 3.8) is 0 Å². The number of rotatable bonds is 12. The van der Waals surface area contributed by atoms with Gasteiger partial charge in [0.2, 0.25) is 0 Å². The molecule has 3 heterocycles. The zero-order valence-corrected chi connectivity index (χ0v) is 43.1. The second-order valence-electron chi connectivity index (χ2n) is 18.6. The van der Waals surface area contributed by atoms with E-state index in [0.717, 1.165) is 22.9 Å². The molecule has 0 aliphatic rings. The number of benzene rings is 12. The van der Waals surface area contributed by atoms with E-state index in [0.29, 0.717) is 21.8 Å². The predicted octanol–water partition coefficient (Wildman–Crippen LogP) is 20.0. The van der Waals surface area contributed by atoms with E-state index in [4.69, 9.17) is 33.5 Å². The summed E-state index contributed by atoms with van der Waals surface area (Å²) in [6.07, 6.45) is 4.36. The second-order valence-corrected chi connectivity index (χ2v) is 18.6. The first-order chi connectivity index (χ1) is 56.5. The zero-order valence-electron chi connectivity index (χ0n) is 79.1. The molecule has 0 N–H and O–H groups in total. The number of para-hydroxylation sites is 1. The highest BCUT2D eigenvalue weighted by molar-refractivity contribution is 6.09. The number of fused-ring (bicyclic) bond motifs is 4. The lowest BCUT2D eigenvalue weighted by molar-refractivity contribution is -0.571. The van der Waals surface area contributed by atoms with Gasteiger partial charge >= 0.3 is 0 Å². The molecular weight excluding hydrogens is 1020 g/mol. The molecular formula is C79H54N4O. The van der Waals surface area contributed by atoms with Crippen LogP contribution in [0.15, 0.2) is 309 Å². The van der Waals surface area contributed by atoms with Crippen LogP contribution >= 0.6 is 0 Å². The number of aryl methyl sites for hydroxylation is 1. The van der Waals surface area contributed by atoms with E-state index in [1.54, 1.807) is 47.0 Å². The van der Waals surface area contributed by atoms with Gasteiger partial charge in [-0.25, -0.2) is 4.98 Å². The fraction of sp³-hybridized carbons (Fsp3) is 0.0127. The van der Waals surface area contributed by atoms with Gasteiger partial charge in [0.1, 0.15) is 17.3 Å². The van der Waals surface area contributed by atoms with Crippen LogP contribution in [-0.2, 0) is 0 Å². The van der Waals surface area contributed by atoms with Crippen LogP contribution in [0.1, 0.15) is 54.9 Å². The Kier molecular flexibility index (Phi) is 6.35. The van der Waals surface area contributed by atoms with Crippen molar-refractivity contribution in [2.75, 3.05) is 0 Å². The molecule has 0 aliphatic heterocycles. The van der Waals surface area contributed by atoms with Crippen LogP contribution in [0.4, 0.5) is 0 Å². The minimum atomic E-state index is -2.96. The number of nitrogens with zero attached hydrogens (tertiary/aromatic N) is 4. The third kappa shape index (κ3) is 9.30. The van der Waals surface area contributed by atoms with Gasteiger partial charge in [0.25, 0.3) is 6.33 Å². The van der Waals surface area contributed by atoms with Gasteiger partial charge in [0.15, 0.2) is 0 Å². The van der Waals surface area contributed by atoms with Crippen molar-refractivity contribution in [1.82, 2.24) is 14.1 Å². The molecule has 396 valence electrons. The topological polar surface area (TPSA) is 35.9 Å². The fourth-order valence-corrected chi connectivity index (χ4v) is 10.0. The maximum atomic E-state index is 10.5. The summed E-state index contributed by atoms with van der Waals surface area (Å²) >= 11 is 0. The second kappa shape index (κ2) is 21.4. The SMILES string of the molecule is [2H]c1c([2H])c([2H])c(-c2cc(-c3c([2H])c([2H])c([2H])c([2H])c3[2H])c(-[n+]3[c-]n(-c4cccc(Oc5ccc6c7ccccc7n(-c7cc(C([2H])([2H])[2H])c(-c8c([2H])c([2H])c([2H])c([2H])c8[2H])cn7)c6c5)c4)c4cc(-c5c([2H])c([2H])c([2H])c([2H])c5[2H])ccc43)c(-c3c([2H])c(-c4c([2H])c([2H])c([2H])c([2H])c4[2H])c([2H])c(-c4c([2H])c([2H])c([2H])c([2H])c4[2H])c3[2H])c2)c([2H])c1[2H]. The summed E-state index contributed by atoms with van der Waals surface area (Å²) in [5.41, 5.74) is -9.12. The van der Waals surface area contributed by atoms with E-state index in [1.807, 2.05) is 0 Å². The first-order valence-corrected chi connectivity index (χ1v) is 25.5. The molecule has 0 aliphatic carbocycles. The van der Waals surface area contributed by atoms with Gasteiger partial charge in [0.05, 0.1) is 78.7 Å². The number of pyridine rings is 1. The molecule has 0 radical (unpaired) electrons. The summed E-state index contributed by atoms with van der Waals surface area (Å²) in [4.78, 5) is 4.68. The van der Waals surface area contributed by atoms with Gasteiger partial charge in [0, 0.05) is 32.7 Å². The van der Waals surface area contributed by atoms with Gasteiger partial charge < -0.3 is 4.74 Å². The van der Waals surface area contributed by atoms with Crippen molar-refractivity contribution in [3.8, 4) is 107 Å². The minimum Gasteiger partial charge on any atom is -0.458 e. The third-order valence-electron chi connectivity index (χ3n) is 13.7. The lowest BCUT2D eigenvalue weighted by Crippen LogP contribution is -2.31. The van der Waals surface area contributed by atoms with Crippen LogP contribution in [0.3, 0.4) is 0 Å². The quantitative estimate of drug-likeness (QED) is 0.0903. The first-order valence-electron chi connectivity index (χ1n) is 43.5. The van der Waals surface area contributed by atoms with Crippen LogP contribution in [-0.4, -0.2) is 14.1 Å². The lowest BCUT2D eigenvalue weighted by atomic mass is 9.88. The molecule has 0 atom stereocenters. The molecule has 0 amide bonds. The van der Waals surface area contributed by atoms with E-state index >= 15 is 0 Å². The average molecular weight is 1110 g/mol. The Bertz CT molecular complexity index is 6840. The monoisotopic (exact) mass is 1110 g/mol. The number of imidazole rings is 1. The van der Waals surface area contributed by atoms with Gasteiger partial charge in [-0.15, -0.1) is 0 Å². The lowest BCUT2D eigenvalue weighted by Gasteiger charge is -2.21. The largest absolute Gasteiger partial charge is 0.458 e. The molecule has 5 nitrogen and oxygen atoms in total. The fourth-order valence-electron chi connectivity index (χ4n) is 10.0. The zero-order chi connectivity index (χ0) is 87.1. The third-order valence-corrected chi connectivity index (χ3v) is 13.7. The van der Waals surface area contributed by atoms with Crippen LogP contribution < -0.4 is 9.30 Å². The van der Waals surface area contributed by atoms with E-state index in [9.17, 15) is 20.6 Å². The van der Waals surface area contributed by atoms with Crippen molar-refractivity contribution < 1.29 is 58.7 Å². The normalized spacial score (nSPS) is 17.6. The van der Waals surface area contributed by atoms with E-state index in [1.165, 1.54) is 53.1 Å². The van der Waals surface area contributed by atoms with Crippen LogP contribution in [0.5, 0.6) is 11.5 Å². The molecule has 12 aromatic carbocycles. The van der Waals surface area contributed by atoms with Crippen molar-refractivity contribution in [3.05, 3.63) is 321 Å².